The first-order chi connectivity index (χ1) is 11.3. The number of nitrogens with zero attached hydrogens (tertiary/aromatic N) is 3. The van der Waals surface area contributed by atoms with Gasteiger partial charge in [-0.15, -0.1) is 0 Å². The third-order valence-corrected chi connectivity index (χ3v) is 4.33. The number of amides is 2. The number of nitrogens with one attached hydrogen (secondary N) is 2. The fourth-order valence-corrected chi connectivity index (χ4v) is 2.87. The van der Waals surface area contributed by atoms with Crippen LogP contribution in [0, 0.1) is 25.5 Å². The Morgan fingerprint density at radius 1 is 1.42 bits per heavy atom. The second-order valence-corrected chi connectivity index (χ2v) is 6.15. The van der Waals surface area contributed by atoms with Crippen molar-refractivity contribution >= 4 is 23.3 Å². The van der Waals surface area contributed by atoms with E-state index in [1.54, 1.807) is 11.6 Å². The van der Waals surface area contributed by atoms with Crippen molar-refractivity contribution in [3.63, 3.8) is 0 Å². The molecule has 0 saturated heterocycles. The summed E-state index contributed by atoms with van der Waals surface area (Å²) in [6.45, 7) is 3.68. The van der Waals surface area contributed by atoms with Crippen LogP contribution in [0.5, 0.6) is 0 Å². The second kappa shape index (κ2) is 6.35. The molecular weight excluding hydrogens is 340 g/mol. The molecule has 24 heavy (non-hydrogen) atoms. The summed E-state index contributed by atoms with van der Waals surface area (Å²) in [5.41, 5.74) is -0.434. The minimum atomic E-state index is -0.920. The van der Waals surface area contributed by atoms with Gasteiger partial charge < -0.3 is 10.6 Å². The van der Waals surface area contributed by atoms with Crippen LogP contribution in [0.2, 0.25) is 5.02 Å². The van der Waals surface area contributed by atoms with Crippen molar-refractivity contribution in [1.29, 1.82) is 0 Å². The molecule has 1 atom stereocenters. The molecule has 0 bridgehead atoms. The van der Waals surface area contributed by atoms with Crippen LogP contribution in [0.3, 0.4) is 0 Å². The molecule has 0 aliphatic carbocycles. The summed E-state index contributed by atoms with van der Waals surface area (Å²) in [5.74, 6) is -0.253. The molecule has 128 valence electrons. The van der Waals surface area contributed by atoms with Gasteiger partial charge in [-0.3, -0.25) is 0 Å². The van der Waals surface area contributed by atoms with E-state index in [1.165, 1.54) is 6.92 Å². The monoisotopic (exact) mass is 355 g/mol. The Labute approximate surface area is 142 Å². The second-order valence-electron chi connectivity index (χ2n) is 5.75. The van der Waals surface area contributed by atoms with Gasteiger partial charge in [-0.2, -0.15) is 5.10 Å². The normalized spacial score (nSPS) is 16.6. The highest BCUT2D eigenvalue weighted by atomic mass is 35.5. The van der Waals surface area contributed by atoms with Gasteiger partial charge in [0, 0.05) is 17.0 Å². The van der Waals surface area contributed by atoms with E-state index in [4.69, 9.17) is 11.6 Å². The minimum absolute atomic E-state index is 0.0303. The van der Waals surface area contributed by atoms with Crippen molar-refractivity contribution < 1.29 is 13.6 Å². The number of hydrogen-bond acceptors (Lipinski definition) is 3. The van der Waals surface area contributed by atoms with E-state index in [0.29, 0.717) is 25.2 Å². The molecule has 1 aliphatic heterocycles. The smallest absolute Gasteiger partial charge is 0.319 e. The summed E-state index contributed by atoms with van der Waals surface area (Å²) in [7, 11) is 0. The highest BCUT2D eigenvalue weighted by molar-refractivity contribution is 6.31. The van der Waals surface area contributed by atoms with Crippen LogP contribution in [0.1, 0.15) is 23.6 Å². The highest BCUT2D eigenvalue weighted by Gasteiger charge is 2.23. The third kappa shape index (κ3) is 3.19. The predicted octanol–water partition coefficient (Wildman–Crippen LogP) is 2.96. The molecule has 0 radical (unpaired) electrons. The summed E-state index contributed by atoms with van der Waals surface area (Å²) in [6.07, 6.45) is 1.35. The number of carbonyl (C=O) groups excluding carboxylic acids is 1. The number of fused-ring (bicyclic) bond motifs is 1. The lowest BCUT2D eigenvalue weighted by Gasteiger charge is -2.23. The van der Waals surface area contributed by atoms with E-state index in [2.05, 4.69) is 20.7 Å². The van der Waals surface area contributed by atoms with Crippen molar-refractivity contribution in [1.82, 2.24) is 20.1 Å². The van der Waals surface area contributed by atoms with Gasteiger partial charge >= 0.3 is 6.03 Å². The molecule has 2 aromatic rings. The lowest BCUT2D eigenvalue weighted by Crippen LogP contribution is -2.43. The zero-order chi connectivity index (χ0) is 17.4. The number of anilines is 1. The molecule has 2 amide bonds. The number of aromatic nitrogens is 3. The van der Waals surface area contributed by atoms with Crippen LogP contribution in [0.25, 0.3) is 0 Å². The van der Waals surface area contributed by atoms with E-state index in [1.807, 2.05) is 0 Å². The average Bonchev–Trinajstić information content (AvgIpc) is 2.89. The molecule has 6 nitrogen and oxygen atoms in total. The lowest BCUT2D eigenvalue weighted by molar-refractivity contribution is 0.243. The molecule has 1 aliphatic rings. The van der Waals surface area contributed by atoms with Crippen molar-refractivity contribution in [2.24, 2.45) is 0 Å². The topological polar surface area (TPSA) is 71.8 Å². The van der Waals surface area contributed by atoms with Crippen molar-refractivity contribution in [3.05, 3.63) is 39.9 Å². The molecule has 9 heteroatoms. The summed E-state index contributed by atoms with van der Waals surface area (Å²) in [4.78, 5) is 16.4. The molecule has 0 fully saturated rings. The van der Waals surface area contributed by atoms with Crippen LogP contribution < -0.4 is 10.6 Å². The van der Waals surface area contributed by atoms with Crippen LogP contribution in [-0.4, -0.2) is 26.8 Å². The molecule has 2 N–H and O–H groups in total. The summed E-state index contributed by atoms with van der Waals surface area (Å²) < 4.78 is 29.6. The number of benzene rings is 1. The standard InChI is InChI=1S/C15H16ClF2N5O/c1-7-10(16)5-11(17)14(13(7)18)21-15(24)20-9-3-4-12-19-8(2)22-23(12)6-9/h5,9H,3-4,6H2,1-2H3,(H2,20,21,24). The Morgan fingerprint density at radius 3 is 2.92 bits per heavy atom. The van der Waals surface area contributed by atoms with Gasteiger partial charge in [0.25, 0.3) is 0 Å². The van der Waals surface area contributed by atoms with E-state index in [9.17, 15) is 13.6 Å². The average molecular weight is 356 g/mol. The first-order valence-electron chi connectivity index (χ1n) is 7.47. The molecule has 1 aromatic carbocycles. The van der Waals surface area contributed by atoms with E-state index >= 15 is 0 Å². The van der Waals surface area contributed by atoms with Gasteiger partial charge in [0.1, 0.15) is 17.3 Å². The summed E-state index contributed by atoms with van der Waals surface area (Å²) >= 11 is 5.71. The molecule has 1 unspecified atom stereocenters. The fourth-order valence-electron chi connectivity index (χ4n) is 2.69. The van der Waals surface area contributed by atoms with Gasteiger partial charge in [0.05, 0.1) is 12.6 Å². The largest absolute Gasteiger partial charge is 0.333 e. The maximum absolute atomic E-state index is 14.1. The van der Waals surface area contributed by atoms with Crippen LogP contribution in [0.15, 0.2) is 6.07 Å². The molecular formula is C15H16ClF2N5O. The maximum atomic E-state index is 14.1. The van der Waals surface area contributed by atoms with Gasteiger partial charge in [0.2, 0.25) is 0 Å². The van der Waals surface area contributed by atoms with E-state index < -0.39 is 23.4 Å². The summed E-state index contributed by atoms with van der Waals surface area (Å²) in [6, 6.07) is 0.0960. The maximum Gasteiger partial charge on any atom is 0.319 e. The van der Waals surface area contributed by atoms with Crippen LogP contribution >= 0.6 is 11.6 Å². The summed E-state index contributed by atoms with van der Waals surface area (Å²) in [5, 5.41) is 9.13. The zero-order valence-electron chi connectivity index (χ0n) is 13.2. The van der Waals surface area contributed by atoms with Gasteiger partial charge in [-0.05, 0) is 26.3 Å². The lowest BCUT2D eigenvalue weighted by atomic mass is 10.1. The Morgan fingerprint density at radius 2 is 2.17 bits per heavy atom. The molecule has 3 rings (SSSR count). The molecule has 0 saturated carbocycles. The van der Waals surface area contributed by atoms with Gasteiger partial charge in [-0.1, -0.05) is 11.6 Å². The highest BCUT2D eigenvalue weighted by Crippen LogP contribution is 2.28. The van der Waals surface area contributed by atoms with Crippen LogP contribution in [-0.2, 0) is 13.0 Å². The molecule has 1 aromatic heterocycles. The number of hydrogen-bond donors (Lipinski definition) is 2. The molecule has 2 heterocycles. The van der Waals surface area contributed by atoms with E-state index in [-0.39, 0.29) is 16.6 Å². The number of urea groups is 1. The van der Waals surface area contributed by atoms with Gasteiger partial charge in [0.15, 0.2) is 11.6 Å². The fraction of sp³-hybridized carbons (Fsp3) is 0.400. The third-order valence-electron chi connectivity index (χ3n) is 3.94. The van der Waals surface area contributed by atoms with Crippen LogP contribution in [0.4, 0.5) is 19.3 Å². The number of rotatable bonds is 2. The number of carbonyl (C=O) groups is 1. The Balaban J connectivity index is 1.68. The molecule has 0 spiro atoms. The first-order valence-corrected chi connectivity index (χ1v) is 7.85. The van der Waals surface area contributed by atoms with Gasteiger partial charge in [-0.25, -0.2) is 23.2 Å². The van der Waals surface area contributed by atoms with Crippen molar-refractivity contribution in [3.8, 4) is 0 Å². The Kier molecular flexibility index (Phi) is 4.40. The quantitative estimate of drug-likeness (QED) is 0.870. The van der Waals surface area contributed by atoms with Crippen molar-refractivity contribution in [2.45, 2.75) is 39.3 Å². The first kappa shape index (κ1) is 16.6. The minimum Gasteiger partial charge on any atom is -0.333 e. The number of halogens is 3. The number of aryl methyl sites for hydroxylation is 2. The zero-order valence-corrected chi connectivity index (χ0v) is 13.9. The Hall–Kier alpha value is -2.22. The SMILES string of the molecule is Cc1nc2n(n1)CC(NC(=O)Nc1c(F)cc(Cl)c(C)c1F)CC2. The van der Waals surface area contributed by atoms with Crippen molar-refractivity contribution in [2.75, 3.05) is 5.32 Å². The van der Waals surface area contributed by atoms with E-state index in [0.717, 1.165) is 11.9 Å². The Bertz CT molecular complexity index is 808. The predicted molar refractivity (Wildman–Crippen MR) is 85.1 cm³/mol.